The lowest BCUT2D eigenvalue weighted by molar-refractivity contribution is -0.139. The molecule has 1 unspecified atom stereocenters. The number of hydrogen-bond acceptors (Lipinski definition) is 6. The third kappa shape index (κ3) is 5.91. The van der Waals surface area contributed by atoms with Crippen molar-refractivity contribution in [3.8, 4) is 0 Å². The number of benzene rings is 1. The van der Waals surface area contributed by atoms with Gasteiger partial charge in [-0.05, 0) is 12.8 Å². The van der Waals surface area contributed by atoms with E-state index in [0.717, 1.165) is 23.6 Å². The van der Waals surface area contributed by atoms with Crippen LogP contribution in [0.4, 0.5) is 5.82 Å². The van der Waals surface area contributed by atoms with Crippen molar-refractivity contribution < 1.29 is 19.8 Å². The smallest absolute Gasteiger partial charge is 0.330 e. The van der Waals surface area contributed by atoms with E-state index in [0.29, 0.717) is 25.1 Å². The Bertz CT molecular complexity index is 758. The Morgan fingerprint density at radius 1 is 1.08 bits per heavy atom. The first-order chi connectivity index (χ1) is 12.1. The van der Waals surface area contributed by atoms with E-state index in [1.807, 2.05) is 24.3 Å². The van der Waals surface area contributed by atoms with Gasteiger partial charge in [-0.1, -0.05) is 43.5 Å². The number of unbranched alkanes of at least 4 members (excludes halogenated alkanes) is 3. The standard InChI is InChI=1S/C17H20N4O4/c22-15(23)10-4-2-1-3-9-14(17(24)25)19-21-16-13-8-6-5-7-12(13)11-18-20-16/h5-8,11,14H,1-4,9-10H2,(H,22,23)(H,24,25). The van der Waals surface area contributed by atoms with Gasteiger partial charge >= 0.3 is 11.9 Å². The molecule has 1 heterocycles. The molecule has 0 spiro atoms. The van der Waals surface area contributed by atoms with E-state index in [9.17, 15) is 14.7 Å². The first-order valence-electron chi connectivity index (χ1n) is 8.14. The van der Waals surface area contributed by atoms with Gasteiger partial charge < -0.3 is 10.2 Å². The summed E-state index contributed by atoms with van der Waals surface area (Å²) in [5.41, 5.74) is 0. The molecule has 2 aromatic rings. The molecule has 0 radical (unpaired) electrons. The van der Waals surface area contributed by atoms with Crippen LogP contribution in [0.5, 0.6) is 0 Å². The monoisotopic (exact) mass is 344 g/mol. The Balaban J connectivity index is 1.93. The number of hydrogen-bond donors (Lipinski definition) is 2. The second kappa shape index (κ2) is 9.41. The van der Waals surface area contributed by atoms with Gasteiger partial charge in [0.25, 0.3) is 0 Å². The summed E-state index contributed by atoms with van der Waals surface area (Å²) in [6.07, 6.45) is 4.87. The van der Waals surface area contributed by atoms with E-state index < -0.39 is 18.0 Å². The molecule has 0 bridgehead atoms. The maximum absolute atomic E-state index is 11.3. The van der Waals surface area contributed by atoms with Crippen LogP contribution in [0.15, 0.2) is 40.7 Å². The fraction of sp³-hybridized carbons (Fsp3) is 0.412. The average molecular weight is 344 g/mol. The number of carbonyl (C=O) groups is 2. The van der Waals surface area contributed by atoms with Gasteiger partial charge in [0, 0.05) is 17.2 Å². The minimum Gasteiger partial charge on any atom is -0.481 e. The van der Waals surface area contributed by atoms with Crippen molar-refractivity contribution in [3.05, 3.63) is 30.5 Å². The Morgan fingerprint density at radius 2 is 1.84 bits per heavy atom. The predicted octanol–water partition coefficient (Wildman–Crippen LogP) is 3.59. The zero-order valence-electron chi connectivity index (χ0n) is 13.7. The molecule has 1 aromatic heterocycles. The number of aliphatic carboxylic acids is 2. The molecule has 25 heavy (non-hydrogen) atoms. The van der Waals surface area contributed by atoms with Crippen molar-refractivity contribution in [2.24, 2.45) is 10.2 Å². The number of aromatic nitrogens is 2. The molecule has 1 aromatic carbocycles. The predicted molar refractivity (Wildman–Crippen MR) is 90.8 cm³/mol. The minimum absolute atomic E-state index is 0.141. The van der Waals surface area contributed by atoms with Crippen molar-refractivity contribution in [2.75, 3.05) is 0 Å². The minimum atomic E-state index is -1.04. The first kappa shape index (κ1) is 18.4. The Kier molecular flexibility index (Phi) is 6.94. The normalized spacial score (nSPS) is 12.5. The van der Waals surface area contributed by atoms with E-state index >= 15 is 0 Å². The molecule has 2 N–H and O–H groups in total. The first-order valence-corrected chi connectivity index (χ1v) is 8.14. The summed E-state index contributed by atoms with van der Waals surface area (Å²) < 4.78 is 0. The molecule has 0 amide bonds. The van der Waals surface area contributed by atoms with Crippen LogP contribution >= 0.6 is 0 Å². The Morgan fingerprint density at radius 3 is 2.60 bits per heavy atom. The highest BCUT2D eigenvalue weighted by Gasteiger charge is 2.16. The number of rotatable bonds is 10. The van der Waals surface area contributed by atoms with Gasteiger partial charge in [0.05, 0.1) is 6.20 Å². The summed E-state index contributed by atoms with van der Waals surface area (Å²) in [5.74, 6) is -1.55. The highest BCUT2D eigenvalue weighted by molar-refractivity contribution is 5.89. The average Bonchev–Trinajstić information content (AvgIpc) is 2.59. The maximum atomic E-state index is 11.3. The van der Waals surface area contributed by atoms with Crippen LogP contribution < -0.4 is 0 Å². The zero-order chi connectivity index (χ0) is 18.1. The molecular weight excluding hydrogens is 324 g/mol. The van der Waals surface area contributed by atoms with Crippen LogP contribution in [-0.4, -0.2) is 38.4 Å². The van der Waals surface area contributed by atoms with E-state index in [4.69, 9.17) is 5.11 Å². The third-order valence-electron chi connectivity index (χ3n) is 3.75. The molecule has 0 fully saturated rings. The SMILES string of the molecule is O=C(O)CCCCCCC(N=Nc1nncc2ccccc12)C(=O)O. The van der Waals surface area contributed by atoms with Gasteiger partial charge in [0.2, 0.25) is 5.82 Å². The second-order valence-corrected chi connectivity index (χ2v) is 5.67. The summed E-state index contributed by atoms with van der Waals surface area (Å²) in [6.45, 7) is 0. The van der Waals surface area contributed by atoms with Crippen LogP contribution in [0.2, 0.25) is 0 Å². The molecule has 2 rings (SSSR count). The highest BCUT2D eigenvalue weighted by Crippen LogP contribution is 2.23. The number of nitrogens with zero attached hydrogens (tertiary/aromatic N) is 4. The number of carboxylic acid groups (broad SMARTS) is 2. The van der Waals surface area contributed by atoms with Gasteiger partial charge in [0.15, 0.2) is 6.04 Å². The molecule has 8 nitrogen and oxygen atoms in total. The van der Waals surface area contributed by atoms with Gasteiger partial charge in [0.1, 0.15) is 0 Å². The topological polar surface area (TPSA) is 125 Å². The fourth-order valence-corrected chi connectivity index (χ4v) is 2.41. The van der Waals surface area contributed by atoms with Crippen LogP contribution in [0.25, 0.3) is 10.8 Å². The summed E-state index contributed by atoms with van der Waals surface area (Å²) in [4.78, 5) is 21.8. The van der Waals surface area contributed by atoms with Crippen molar-refractivity contribution in [1.29, 1.82) is 0 Å². The van der Waals surface area contributed by atoms with Crippen LogP contribution in [0.3, 0.4) is 0 Å². The van der Waals surface area contributed by atoms with E-state index in [1.54, 1.807) is 6.20 Å². The molecule has 132 valence electrons. The van der Waals surface area contributed by atoms with Crippen LogP contribution in [0, 0.1) is 0 Å². The molecule has 1 atom stereocenters. The fourth-order valence-electron chi connectivity index (χ4n) is 2.41. The quantitative estimate of drug-likeness (QED) is 0.501. The zero-order valence-corrected chi connectivity index (χ0v) is 13.7. The van der Waals surface area contributed by atoms with E-state index in [1.165, 1.54) is 0 Å². The molecular formula is C17H20N4O4. The number of azo groups is 1. The van der Waals surface area contributed by atoms with Gasteiger partial charge in [-0.25, -0.2) is 4.79 Å². The molecule has 0 aliphatic heterocycles. The second-order valence-electron chi connectivity index (χ2n) is 5.67. The third-order valence-corrected chi connectivity index (χ3v) is 3.75. The molecule has 0 aliphatic rings. The molecule has 8 heteroatoms. The van der Waals surface area contributed by atoms with Gasteiger partial charge in [-0.3, -0.25) is 4.79 Å². The summed E-state index contributed by atoms with van der Waals surface area (Å²) in [5, 5.41) is 35.1. The Labute approximate surface area is 144 Å². The van der Waals surface area contributed by atoms with Crippen LogP contribution in [-0.2, 0) is 9.59 Å². The van der Waals surface area contributed by atoms with Crippen molar-refractivity contribution >= 4 is 28.5 Å². The van der Waals surface area contributed by atoms with Crippen molar-refractivity contribution in [1.82, 2.24) is 10.2 Å². The number of fused-ring (bicyclic) bond motifs is 1. The van der Waals surface area contributed by atoms with E-state index in [-0.39, 0.29) is 6.42 Å². The summed E-state index contributed by atoms with van der Waals surface area (Å²) in [6, 6.07) is 6.47. The summed E-state index contributed by atoms with van der Waals surface area (Å²) >= 11 is 0. The largest absolute Gasteiger partial charge is 0.481 e. The van der Waals surface area contributed by atoms with E-state index in [2.05, 4.69) is 20.4 Å². The Hall–Kier alpha value is -2.90. The molecule has 0 saturated carbocycles. The van der Waals surface area contributed by atoms with Gasteiger partial charge in [-0.15, -0.1) is 10.2 Å². The van der Waals surface area contributed by atoms with Gasteiger partial charge in [-0.2, -0.15) is 10.2 Å². The molecule has 0 saturated heterocycles. The lowest BCUT2D eigenvalue weighted by Gasteiger charge is -2.06. The van der Waals surface area contributed by atoms with Crippen molar-refractivity contribution in [3.63, 3.8) is 0 Å². The lowest BCUT2D eigenvalue weighted by atomic mass is 10.1. The highest BCUT2D eigenvalue weighted by atomic mass is 16.4. The number of carboxylic acids is 2. The van der Waals surface area contributed by atoms with Crippen LogP contribution in [0.1, 0.15) is 38.5 Å². The lowest BCUT2D eigenvalue weighted by Crippen LogP contribution is -2.17. The maximum Gasteiger partial charge on any atom is 0.330 e. The summed E-state index contributed by atoms with van der Waals surface area (Å²) in [7, 11) is 0. The molecule has 0 aliphatic carbocycles. The van der Waals surface area contributed by atoms with Crippen molar-refractivity contribution in [2.45, 2.75) is 44.6 Å².